The molecule has 1 aliphatic rings. The van der Waals surface area contributed by atoms with E-state index in [1.807, 2.05) is 113 Å². The fraction of sp³-hybridized carbons (Fsp3) is 0.442. The molecule has 5 rings (SSSR count). The molecule has 2 aromatic carbocycles. The van der Waals surface area contributed by atoms with Gasteiger partial charge < -0.3 is 30.3 Å². The van der Waals surface area contributed by atoms with Gasteiger partial charge in [-0.1, -0.05) is 94.8 Å². The van der Waals surface area contributed by atoms with Gasteiger partial charge in [0.2, 0.25) is 5.91 Å². The van der Waals surface area contributed by atoms with E-state index in [0.717, 1.165) is 33.1 Å². The van der Waals surface area contributed by atoms with Crippen LogP contribution in [-0.2, 0) is 33.8 Å². The lowest BCUT2D eigenvalue weighted by molar-refractivity contribution is -0.131. The molecule has 0 saturated carbocycles. The zero-order valence-electron chi connectivity index (χ0n) is 34.1. The monoisotopic (exact) mass is 812 g/mol. The molecule has 1 fully saturated rings. The summed E-state index contributed by atoms with van der Waals surface area (Å²) in [6, 6.07) is 20.2. The summed E-state index contributed by atoms with van der Waals surface area (Å²) in [5.41, 5.74) is 7.22. The van der Waals surface area contributed by atoms with Crippen molar-refractivity contribution in [1.82, 2.24) is 40.8 Å². The maximum absolute atomic E-state index is 14.3. The Hall–Kier alpha value is -5.38. The van der Waals surface area contributed by atoms with Crippen LogP contribution >= 0.6 is 11.3 Å². The molecule has 58 heavy (non-hydrogen) atoms. The molecule has 4 aromatic rings. The van der Waals surface area contributed by atoms with Crippen LogP contribution in [0.5, 0.6) is 0 Å². The highest BCUT2D eigenvalue weighted by Gasteiger charge is 2.40. The molecular weight excluding hydrogens is 757 g/mol. The Bertz CT molecular complexity index is 1950. The van der Waals surface area contributed by atoms with Crippen molar-refractivity contribution >= 4 is 35.3 Å². The van der Waals surface area contributed by atoms with Gasteiger partial charge in [-0.2, -0.15) is 0 Å². The van der Waals surface area contributed by atoms with E-state index in [2.05, 4.69) is 26.0 Å². The van der Waals surface area contributed by atoms with Crippen LogP contribution in [0.1, 0.15) is 55.9 Å². The third-order valence-corrected chi connectivity index (χ3v) is 11.2. The number of urea groups is 1. The van der Waals surface area contributed by atoms with Gasteiger partial charge in [-0.25, -0.2) is 19.6 Å². The van der Waals surface area contributed by atoms with Crippen molar-refractivity contribution in [3.8, 4) is 11.3 Å². The Kier molecular flexibility index (Phi) is 15.7. The van der Waals surface area contributed by atoms with Gasteiger partial charge in [0.05, 0.1) is 42.2 Å². The molecule has 0 aliphatic carbocycles. The minimum Gasteiger partial charge on any atom is -0.453 e. The minimum atomic E-state index is -1.20. The minimum absolute atomic E-state index is 0.0905. The molecule has 0 bridgehead atoms. The summed E-state index contributed by atoms with van der Waals surface area (Å²) in [6.45, 7) is 10.8. The quantitative estimate of drug-likeness (QED) is 0.0935. The lowest BCUT2D eigenvalue weighted by Crippen LogP contribution is -2.59. The average Bonchev–Trinajstić information content (AvgIpc) is 3.80. The number of pyridine rings is 1. The molecule has 4 N–H and O–H groups in total. The van der Waals surface area contributed by atoms with E-state index in [-0.39, 0.29) is 43.3 Å². The van der Waals surface area contributed by atoms with Crippen molar-refractivity contribution < 1.29 is 29.0 Å². The second kappa shape index (κ2) is 20.9. The number of aryl methyl sites for hydroxylation is 1. The van der Waals surface area contributed by atoms with E-state index in [1.54, 1.807) is 21.0 Å². The van der Waals surface area contributed by atoms with Crippen LogP contribution in [0.25, 0.3) is 11.3 Å². The van der Waals surface area contributed by atoms with Gasteiger partial charge in [0.1, 0.15) is 12.1 Å². The van der Waals surface area contributed by atoms with Crippen molar-refractivity contribution in [3.05, 3.63) is 106 Å². The Morgan fingerprint density at radius 2 is 1.67 bits per heavy atom. The van der Waals surface area contributed by atoms with Crippen molar-refractivity contribution in [2.75, 3.05) is 26.7 Å². The number of alkyl carbamates (subject to hydrolysis) is 1. The average molecular weight is 813 g/mol. The zero-order valence-corrected chi connectivity index (χ0v) is 34.9. The number of ether oxygens (including phenoxy) is 1. The molecule has 310 valence electrons. The first kappa shape index (κ1) is 43.7. The predicted octanol–water partition coefficient (Wildman–Crippen LogP) is 5.17. The number of benzene rings is 2. The number of nitrogens with zero attached hydrogens (tertiary/aromatic N) is 5. The number of methoxy groups -OCH3 is 1. The number of aliphatic hydroxyl groups is 1. The van der Waals surface area contributed by atoms with Crippen LogP contribution in [0, 0.1) is 18.8 Å². The smallest absolute Gasteiger partial charge is 0.407 e. The van der Waals surface area contributed by atoms with Gasteiger partial charge in [0.15, 0.2) is 0 Å². The topological polar surface area (TPSA) is 169 Å². The number of amides is 5. The fourth-order valence-electron chi connectivity index (χ4n) is 7.06. The summed E-state index contributed by atoms with van der Waals surface area (Å²) in [4.78, 5) is 66.5. The lowest BCUT2D eigenvalue weighted by Gasteiger charge is -2.35. The molecule has 1 saturated heterocycles. The maximum Gasteiger partial charge on any atom is 0.407 e. The van der Waals surface area contributed by atoms with Gasteiger partial charge >= 0.3 is 12.1 Å². The molecule has 0 radical (unpaired) electrons. The summed E-state index contributed by atoms with van der Waals surface area (Å²) < 4.78 is 4.82. The number of rotatable bonds is 19. The number of thiazole rings is 1. The Morgan fingerprint density at radius 3 is 2.29 bits per heavy atom. The summed E-state index contributed by atoms with van der Waals surface area (Å²) in [5.74, 6) is -1.33. The number of nitrogens with one attached hydrogen (secondary N) is 3. The first-order chi connectivity index (χ1) is 27.9. The number of hydrazine groups is 1. The molecule has 5 atom stereocenters. The number of carbonyl (C=O) groups excluding carboxylic acids is 4. The highest BCUT2D eigenvalue weighted by Crippen LogP contribution is 2.23. The summed E-state index contributed by atoms with van der Waals surface area (Å²) in [7, 11) is 1.24. The third kappa shape index (κ3) is 11.8. The molecule has 0 unspecified atom stereocenters. The number of hydrogen-bond donors (Lipinski definition) is 4. The van der Waals surface area contributed by atoms with Crippen molar-refractivity contribution in [3.63, 3.8) is 0 Å². The molecule has 3 heterocycles. The molecule has 0 spiro atoms. The van der Waals surface area contributed by atoms with Crippen molar-refractivity contribution in [2.24, 2.45) is 11.8 Å². The lowest BCUT2D eigenvalue weighted by atomic mass is 9.97. The first-order valence-corrected chi connectivity index (χ1v) is 20.6. The van der Waals surface area contributed by atoms with E-state index in [1.165, 1.54) is 18.4 Å². The van der Waals surface area contributed by atoms with Crippen LogP contribution in [0.3, 0.4) is 0 Å². The van der Waals surface area contributed by atoms with Gasteiger partial charge in [0.25, 0.3) is 5.91 Å². The molecule has 1 aliphatic heterocycles. The van der Waals surface area contributed by atoms with Crippen molar-refractivity contribution in [1.29, 1.82) is 0 Å². The standard InChI is InChI=1S/C43H56N8O6S/c1-7-29(4)38(47-42(55)57-6)40(53)48-50(24-32-16-18-33(19-17-32)35-15-11-12-20-44-35)26-37(52)36(23-31-13-9-8-10-14-31)46-41(54)39(28(2)3)51-22-21-49(43(51)56)25-34-27-58-30(5)45-34/h8-20,27-29,36-39,52H,7,21-26H2,1-6H3,(H,46,54)(H,47,55)(H,48,53)/t29-,36-,37-,38-,39-/m0/s1. The van der Waals surface area contributed by atoms with Crippen LogP contribution < -0.4 is 16.1 Å². The number of aromatic nitrogens is 2. The molecule has 15 heteroatoms. The zero-order chi connectivity index (χ0) is 41.8. The highest BCUT2D eigenvalue weighted by atomic mass is 32.1. The maximum atomic E-state index is 14.3. The third-order valence-electron chi connectivity index (χ3n) is 10.4. The second-order valence-corrected chi connectivity index (χ2v) is 16.1. The molecule has 5 amide bonds. The van der Waals surface area contributed by atoms with E-state index in [4.69, 9.17) is 4.74 Å². The Balaban J connectivity index is 1.39. The van der Waals surface area contributed by atoms with E-state index in [9.17, 15) is 24.3 Å². The van der Waals surface area contributed by atoms with Crippen LogP contribution in [0.2, 0.25) is 0 Å². The van der Waals surface area contributed by atoms with E-state index >= 15 is 0 Å². The Morgan fingerprint density at radius 1 is 0.948 bits per heavy atom. The molecule has 2 aromatic heterocycles. The van der Waals surface area contributed by atoms with Gasteiger partial charge in [-0.15, -0.1) is 11.3 Å². The van der Waals surface area contributed by atoms with Crippen LogP contribution in [0.15, 0.2) is 84.4 Å². The number of carbonyl (C=O) groups is 4. The molecule has 14 nitrogen and oxygen atoms in total. The van der Waals surface area contributed by atoms with Gasteiger partial charge in [-0.3, -0.25) is 20.0 Å². The number of hydrogen-bond acceptors (Lipinski definition) is 10. The Labute approximate surface area is 345 Å². The molecular formula is C43H56N8O6S. The van der Waals surface area contributed by atoms with Crippen LogP contribution in [0.4, 0.5) is 9.59 Å². The largest absolute Gasteiger partial charge is 0.453 e. The van der Waals surface area contributed by atoms with Gasteiger partial charge in [-0.05, 0) is 48.4 Å². The summed E-state index contributed by atoms with van der Waals surface area (Å²) in [6.07, 6.45) is 0.680. The van der Waals surface area contributed by atoms with E-state index in [0.29, 0.717) is 26.1 Å². The fourth-order valence-corrected chi connectivity index (χ4v) is 7.66. The summed E-state index contributed by atoms with van der Waals surface area (Å²) >= 11 is 1.53. The van der Waals surface area contributed by atoms with Crippen molar-refractivity contribution in [2.45, 2.75) is 84.8 Å². The normalized spacial score (nSPS) is 15.5. The first-order valence-electron chi connectivity index (χ1n) is 19.8. The van der Waals surface area contributed by atoms with Crippen LogP contribution in [-0.4, -0.2) is 105 Å². The summed E-state index contributed by atoms with van der Waals surface area (Å²) in [5, 5.41) is 22.3. The second-order valence-electron chi connectivity index (χ2n) is 15.1. The SMILES string of the molecule is CC[C@H](C)[C@H](NC(=O)OC)C(=O)NN(Cc1ccc(-c2ccccn2)cc1)C[C@H](O)[C@H](Cc1ccccc1)NC(=O)[C@H](C(C)C)N1CCN(Cc2csc(C)n2)C1=O. The van der Waals surface area contributed by atoms with Gasteiger partial charge in [0, 0.05) is 43.3 Å². The van der Waals surface area contributed by atoms with E-state index < -0.39 is 36.2 Å². The highest BCUT2D eigenvalue weighted by molar-refractivity contribution is 7.09. The number of aliphatic hydroxyl groups excluding tert-OH is 1. The predicted molar refractivity (Wildman–Crippen MR) is 223 cm³/mol.